The number of anilines is 1. The lowest BCUT2D eigenvalue weighted by molar-refractivity contribution is 0.0254. The van der Waals surface area contributed by atoms with E-state index in [1.54, 1.807) is 11.8 Å². The van der Waals surface area contributed by atoms with Crippen LogP contribution in [0.1, 0.15) is 37.3 Å². The second kappa shape index (κ2) is 4.54. The van der Waals surface area contributed by atoms with E-state index < -0.39 is 0 Å². The van der Waals surface area contributed by atoms with Crippen LogP contribution in [0.4, 0.5) is 5.82 Å². The molecule has 0 saturated heterocycles. The molecule has 1 saturated carbocycles. The van der Waals surface area contributed by atoms with E-state index >= 15 is 0 Å². The lowest BCUT2D eigenvalue weighted by Crippen LogP contribution is -2.30. The number of ether oxygens (including phenoxy) is 1. The van der Waals surface area contributed by atoms with Gasteiger partial charge in [-0.05, 0) is 12.8 Å². The van der Waals surface area contributed by atoms with Crippen LogP contribution in [-0.2, 0) is 4.74 Å². The van der Waals surface area contributed by atoms with E-state index in [1.165, 1.54) is 12.6 Å². The predicted molar refractivity (Wildman–Crippen MR) is 59.7 cm³/mol. The molecule has 86 valence electrons. The fraction of sp³-hybridized carbons (Fsp3) is 0.636. The first kappa shape index (κ1) is 11.0. The average molecular weight is 220 g/mol. The van der Waals surface area contributed by atoms with E-state index in [0.29, 0.717) is 11.4 Å². The van der Waals surface area contributed by atoms with Crippen molar-refractivity contribution in [3.63, 3.8) is 0 Å². The van der Waals surface area contributed by atoms with Crippen LogP contribution < -0.4 is 5.73 Å². The lowest BCUT2D eigenvalue weighted by atomic mass is 9.92. The molecule has 2 rings (SSSR count). The lowest BCUT2D eigenvalue weighted by Gasteiger charge is -2.31. The summed E-state index contributed by atoms with van der Waals surface area (Å²) in [5.41, 5.74) is 6.33. The molecule has 1 aliphatic rings. The normalized spacial score (nSPS) is 25.2. The van der Waals surface area contributed by atoms with E-state index in [2.05, 4.69) is 5.10 Å². The Labute approximate surface area is 94.8 Å². The van der Waals surface area contributed by atoms with Gasteiger partial charge in [-0.15, -0.1) is 0 Å². The van der Waals surface area contributed by atoms with Gasteiger partial charge in [-0.3, -0.25) is 0 Å². The van der Waals surface area contributed by atoms with Crippen molar-refractivity contribution in [2.75, 3.05) is 12.8 Å². The van der Waals surface area contributed by atoms with Crippen LogP contribution in [0.15, 0.2) is 6.20 Å². The third-order valence-corrected chi connectivity index (χ3v) is 3.24. The van der Waals surface area contributed by atoms with Gasteiger partial charge in [0.2, 0.25) is 0 Å². The van der Waals surface area contributed by atoms with Gasteiger partial charge in [-0.25, -0.2) is 4.68 Å². The number of aromatic nitrogens is 2. The molecule has 16 heavy (non-hydrogen) atoms. The molecule has 1 aliphatic carbocycles. The van der Waals surface area contributed by atoms with Crippen molar-refractivity contribution in [1.29, 1.82) is 5.26 Å². The largest absolute Gasteiger partial charge is 0.383 e. The Morgan fingerprint density at radius 1 is 1.56 bits per heavy atom. The minimum atomic E-state index is 0.155. The highest BCUT2D eigenvalue weighted by Crippen LogP contribution is 2.32. The number of hydrogen-bond donors (Lipinski definition) is 1. The number of nitrogens with two attached hydrogens (primary N) is 1. The van der Waals surface area contributed by atoms with Gasteiger partial charge in [0.15, 0.2) is 0 Å². The predicted octanol–water partition coefficient (Wildman–Crippen LogP) is 1.47. The first-order valence-corrected chi connectivity index (χ1v) is 5.53. The summed E-state index contributed by atoms with van der Waals surface area (Å²) in [6.45, 7) is 0. The summed E-state index contributed by atoms with van der Waals surface area (Å²) in [5.74, 6) is 0.455. The maximum Gasteiger partial charge on any atom is 0.140 e. The summed E-state index contributed by atoms with van der Waals surface area (Å²) in [7, 11) is 1.72. The fourth-order valence-corrected chi connectivity index (χ4v) is 2.35. The Hall–Kier alpha value is -1.54. The topological polar surface area (TPSA) is 76.9 Å². The zero-order valence-corrected chi connectivity index (χ0v) is 9.39. The summed E-state index contributed by atoms with van der Waals surface area (Å²) >= 11 is 0. The molecule has 2 N–H and O–H groups in total. The maximum atomic E-state index is 8.84. The molecule has 2 unspecified atom stereocenters. The summed E-state index contributed by atoms with van der Waals surface area (Å²) in [6.07, 6.45) is 6.06. The van der Waals surface area contributed by atoms with Crippen LogP contribution in [0.25, 0.3) is 0 Å². The van der Waals surface area contributed by atoms with Gasteiger partial charge in [0.25, 0.3) is 0 Å². The molecule has 0 amide bonds. The highest BCUT2D eigenvalue weighted by Gasteiger charge is 2.28. The molecule has 0 aliphatic heterocycles. The monoisotopic (exact) mass is 220 g/mol. The zero-order chi connectivity index (χ0) is 11.5. The van der Waals surface area contributed by atoms with Crippen molar-refractivity contribution in [3.05, 3.63) is 11.8 Å². The minimum Gasteiger partial charge on any atom is -0.383 e. The summed E-state index contributed by atoms with van der Waals surface area (Å²) < 4.78 is 7.20. The van der Waals surface area contributed by atoms with Crippen molar-refractivity contribution in [3.8, 4) is 6.07 Å². The van der Waals surface area contributed by atoms with Gasteiger partial charge in [0.1, 0.15) is 17.5 Å². The molecule has 1 heterocycles. The Morgan fingerprint density at radius 3 is 2.94 bits per heavy atom. The average Bonchev–Trinajstić information content (AvgIpc) is 2.70. The van der Waals surface area contributed by atoms with Gasteiger partial charge in [0, 0.05) is 7.11 Å². The van der Waals surface area contributed by atoms with Gasteiger partial charge in [0.05, 0.1) is 18.3 Å². The molecule has 0 spiro atoms. The Kier molecular flexibility index (Phi) is 3.11. The number of methoxy groups -OCH3 is 1. The van der Waals surface area contributed by atoms with Crippen molar-refractivity contribution in [2.45, 2.75) is 37.8 Å². The zero-order valence-electron chi connectivity index (χ0n) is 9.39. The Bertz CT molecular complexity index is 407. The number of nitriles is 1. The maximum absolute atomic E-state index is 8.84. The summed E-state index contributed by atoms with van der Waals surface area (Å²) in [4.78, 5) is 0. The Balaban J connectivity index is 2.28. The molecule has 0 bridgehead atoms. The first-order chi connectivity index (χ1) is 7.77. The fourth-order valence-electron chi connectivity index (χ4n) is 2.35. The van der Waals surface area contributed by atoms with Gasteiger partial charge < -0.3 is 10.5 Å². The van der Waals surface area contributed by atoms with Crippen molar-refractivity contribution >= 4 is 5.82 Å². The van der Waals surface area contributed by atoms with Gasteiger partial charge >= 0.3 is 0 Å². The summed E-state index contributed by atoms with van der Waals surface area (Å²) in [6, 6.07) is 2.21. The summed E-state index contributed by atoms with van der Waals surface area (Å²) in [5, 5.41) is 13.0. The third kappa shape index (κ3) is 1.76. The number of hydrogen-bond acceptors (Lipinski definition) is 4. The molecular formula is C11H16N4O. The highest BCUT2D eigenvalue weighted by atomic mass is 16.5. The van der Waals surface area contributed by atoms with Gasteiger partial charge in [-0.1, -0.05) is 12.8 Å². The first-order valence-electron chi connectivity index (χ1n) is 5.53. The van der Waals surface area contributed by atoms with Crippen molar-refractivity contribution in [1.82, 2.24) is 9.78 Å². The van der Waals surface area contributed by atoms with E-state index in [9.17, 15) is 0 Å². The number of nitrogen functional groups attached to an aromatic ring is 1. The van der Waals surface area contributed by atoms with Crippen LogP contribution in [0, 0.1) is 11.3 Å². The molecule has 1 aromatic rings. The second-order valence-electron chi connectivity index (χ2n) is 4.13. The van der Waals surface area contributed by atoms with E-state index in [0.717, 1.165) is 19.3 Å². The standard InChI is InChI=1S/C11H16N4O/c1-16-10-5-3-2-4-9(10)15-11(13)8(6-12)7-14-15/h7,9-10H,2-5,13H2,1H3. The molecule has 1 aromatic heterocycles. The number of rotatable bonds is 2. The smallest absolute Gasteiger partial charge is 0.140 e. The quantitative estimate of drug-likeness (QED) is 0.818. The van der Waals surface area contributed by atoms with Gasteiger partial charge in [-0.2, -0.15) is 10.4 Å². The Morgan fingerprint density at radius 2 is 2.31 bits per heavy atom. The van der Waals surface area contributed by atoms with Crippen LogP contribution in [0.2, 0.25) is 0 Å². The molecule has 5 nitrogen and oxygen atoms in total. The van der Waals surface area contributed by atoms with E-state index in [4.69, 9.17) is 15.7 Å². The van der Waals surface area contributed by atoms with E-state index in [1.807, 2.05) is 6.07 Å². The molecular weight excluding hydrogens is 204 g/mol. The second-order valence-corrected chi connectivity index (χ2v) is 4.13. The SMILES string of the molecule is COC1CCCCC1n1ncc(C#N)c1N. The van der Waals surface area contributed by atoms with Crippen molar-refractivity contribution < 1.29 is 4.74 Å². The third-order valence-electron chi connectivity index (χ3n) is 3.24. The van der Waals surface area contributed by atoms with Crippen LogP contribution >= 0.6 is 0 Å². The van der Waals surface area contributed by atoms with Crippen LogP contribution in [0.3, 0.4) is 0 Å². The minimum absolute atomic E-state index is 0.155. The number of nitrogens with zero attached hydrogens (tertiary/aromatic N) is 3. The van der Waals surface area contributed by atoms with Crippen LogP contribution in [-0.4, -0.2) is 23.0 Å². The molecule has 0 aromatic carbocycles. The molecule has 0 radical (unpaired) electrons. The van der Waals surface area contributed by atoms with Crippen LogP contribution in [0.5, 0.6) is 0 Å². The van der Waals surface area contributed by atoms with E-state index in [-0.39, 0.29) is 12.1 Å². The molecule has 5 heteroatoms. The highest BCUT2D eigenvalue weighted by molar-refractivity contribution is 5.47. The van der Waals surface area contributed by atoms with Crippen molar-refractivity contribution in [2.24, 2.45) is 0 Å². The molecule has 2 atom stereocenters. The molecule has 1 fully saturated rings.